The predicted octanol–water partition coefficient (Wildman–Crippen LogP) is 3.65. The molecule has 2 aromatic carbocycles. The highest BCUT2D eigenvalue weighted by molar-refractivity contribution is 6.10. The lowest BCUT2D eigenvalue weighted by atomic mass is 9.92. The molecule has 11 heteroatoms. The number of amides is 2. The number of anilines is 1. The third kappa shape index (κ3) is 4.62. The molecule has 2 amide bonds. The molecule has 210 valence electrons. The van der Waals surface area contributed by atoms with Crippen molar-refractivity contribution < 1.29 is 9.59 Å². The van der Waals surface area contributed by atoms with E-state index in [4.69, 9.17) is 5.73 Å². The van der Waals surface area contributed by atoms with E-state index in [2.05, 4.69) is 21.6 Å². The number of nitrogens with one attached hydrogen (secondary N) is 1. The number of hydrogen-bond acceptors (Lipinski definition) is 6. The molecule has 0 aliphatic heterocycles. The van der Waals surface area contributed by atoms with Crippen LogP contribution in [0.2, 0.25) is 0 Å². The fourth-order valence-corrected chi connectivity index (χ4v) is 5.34. The summed E-state index contributed by atoms with van der Waals surface area (Å²) in [5, 5.41) is 21.6. The SMILES string of the molecule is CCc1nn(C)c(=O)n1-c1ccc(-c2cn3nccc(C(=O)Nc4cccc(C(N)=O)c4)c3c2CC2(C#N)CC2)cc1. The fourth-order valence-electron chi connectivity index (χ4n) is 5.34. The average Bonchev–Trinajstić information content (AvgIpc) is 3.60. The Balaban J connectivity index is 1.44. The molecule has 42 heavy (non-hydrogen) atoms. The normalized spacial score (nSPS) is 13.5. The highest BCUT2D eigenvalue weighted by atomic mass is 16.2. The van der Waals surface area contributed by atoms with Gasteiger partial charge in [0.2, 0.25) is 5.91 Å². The van der Waals surface area contributed by atoms with Crippen LogP contribution in [0.4, 0.5) is 5.69 Å². The summed E-state index contributed by atoms with van der Waals surface area (Å²) in [4.78, 5) is 37.9. The molecule has 0 bridgehead atoms. The summed E-state index contributed by atoms with van der Waals surface area (Å²) in [6.07, 6.45) is 6.05. The maximum absolute atomic E-state index is 13.6. The van der Waals surface area contributed by atoms with E-state index >= 15 is 0 Å². The number of hydrogen-bond donors (Lipinski definition) is 2. The van der Waals surface area contributed by atoms with Gasteiger partial charge in [0, 0.05) is 42.7 Å². The first-order valence-corrected chi connectivity index (χ1v) is 13.6. The van der Waals surface area contributed by atoms with Gasteiger partial charge in [-0.15, -0.1) is 0 Å². The van der Waals surface area contributed by atoms with Gasteiger partial charge in [0.1, 0.15) is 5.82 Å². The third-order valence-electron chi connectivity index (χ3n) is 7.78. The van der Waals surface area contributed by atoms with Gasteiger partial charge in [-0.1, -0.05) is 25.1 Å². The molecule has 3 heterocycles. The number of carbonyl (C=O) groups is 2. The highest BCUT2D eigenvalue weighted by Gasteiger charge is 2.44. The summed E-state index contributed by atoms with van der Waals surface area (Å²) in [6, 6.07) is 18.1. The third-order valence-corrected chi connectivity index (χ3v) is 7.78. The Bertz CT molecular complexity index is 1970. The largest absolute Gasteiger partial charge is 0.366 e. The number of aryl methyl sites for hydroxylation is 2. The number of nitriles is 1. The lowest BCUT2D eigenvalue weighted by Crippen LogP contribution is -2.22. The van der Waals surface area contributed by atoms with Gasteiger partial charge < -0.3 is 11.1 Å². The minimum absolute atomic E-state index is 0.221. The lowest BCUT2D eigenvalue weighted by molar-refractivity contribution is 0.0996. The van der Waals surface area contributed by atoms with Crippen molar-refractivity contribution in [2.24, 2.45) is 18.2 Å². The van der Waals surface area contributed by atoms with E-state index in [0.717, 1.165) is 29.5 Å². The van der Waals surface area contributed by atoms with Crippen LogP contribution in [0.5, 0.6) is 0 Å². The summed E-state index contributed by atoms with van der Waals surface area (Å²) in [5.41, 5.74) is 9.67. The standard InChI is InChI=1S/C31H28N8O3/c1-3-26-36-37(2)30(42)39(26)22-9-7-19(8-10-22)25-17-38-27(24(25)16-31(18-32)12-13-31)23(11-14-34-38)29(41)35-21-6-4-5-20(15-21)28(33)40/h4-11,14-15,17H,3,12-13,16H2,1-2H3,(H2,33,40)(H,35,41). The van der Waals surface area contributed by atoms with E-state index in [-0.39, 0.29) is 17.2 Å². The zero-order chi connectivity index (χ0) is 29.6. The number of nitrogens with two attached hydrogens (primary N) is 1. The van der Waals surface area contributed by atoms with Crippen LogP contribution < -0.4 is 16.7 Å². The number of primary amides is 1. The molecule has 0 atom stereocenters. The molecule has 3 N–H and O–H groups in total. The molecule has 1 saturated carbocycles. The van der Waals surface area contributed by atoms with Gasteiger partial charge in [0.25, 0.3) is 5.91 Å². The van der Waals surface area contributed by atoms with Crippen LogP contribution in [0, 0.1) is 16.7 Å². The molecule has 6 rings (SSSR count). The summed E-state index contributed by atoms with van der Waals surface area (Å²) in [6.45, 7) is 1.95. The van der Waals surface area contributed by atoms with Crippen LogP contribution in [0.15, 0.2) is 71.8 Å². The number of fused-ring (bicyclic) bond motifs is 1. The van der Waals surface area contributed by atoms with Crippen LogP contribution in [0.25, 0.3) is 22.3 Å². The van der Waals surface area contributed by atoms with Crippen LogP contribution in [-0.4, -0.2) is 35.8 Å². The second kappa shape index (κ2) is 10.2. The van der Waals surface area contributed by atoms with Gasteiger partial charge in [0.15, 0.2) is 0 Å². The summed E-state index contributed by atoms with van der Waals surface area (Å²) >= 11 is 0. The summed E-state index contributed by atoms with van der Waals surface area (Å²) in [7, 11) is 1.63. The fraction of sp³-hybridized carbons (Fsp3) is 0.226. The summed E-state index contributed by atoms with van der Waals surface area (Å²) in [5.74, 6) is -0.306. The van der Waals surface area contributed by atoms with Crippen molar-refractivity contribution in [1.29, 1.82) is 5.26 Å². The topological polar surface area (TPSA) is 153 Å². The Kier molecular flexibility index (Phi) is 6.46. The highest BCUT2D eigenvalue weighted by Crippen LogP contribution is 2.50. The maximum atomic E-state index is 13.6. The Morgan fingerprint density at radius 3 is 2.57 bits per heavy atom. The Morgan fingerprint density at radius 1 is 1.14 bits per heavy atom. The first-order chi connectivity index (χ1) is 20.2. The van der Waals surface area contributed by atoms with E-state index in [1.807, 2.05) is 37.4 Å². The van der Waals surface area contributed by atoms with Crippen molar-refractivity contribution in [3.05, 3.63) is 100.0 Å². The van der Waals surface area contributed by atoms with Crippen molar-refractivity contribution in [2.75, 3.05) is 5.32 Å². The summed E-state index contributed by atoms with van der Waals surface area (Å²) < 4.78 is 4.58. The van der Waals surface area contributed by atoms with Gasteiger partial charge in [-0.3, -0.25) is 9.59 Å². The number of benzene rings is 2. The Labute approximate surface area is 240 Å². The minimum Gasteiger partial charge on any atom is -0.366 e. The lowest BCUT2D eigenvalue weighted by Gasteiger charge is -2.12. The van der Waals surface area contributed by atoms with Gasteiger partial charge in [-0.2, -0.15) is 15.5 Å². The molecule has 0 saturated heterocycles. The van der Waals surface area contributed by atoms with Gasteiger partial charge in [0.05, 0.1) is 28.3 Å². The van der Waals surface area contributed by atoms with Crippen molar-refractivity contribution in [1.82, 2.24) is 24.0 Å². The van der Waals surface area contributed by atoms with E-state index < -0.39 is 11.3 Å². The average molecular weight is 561 g/mol. The van der Waals surface area contributed by atoms with Crippen LogP contribution in [-0.2, 0) is 19.9 Å². The Morgan fingerprint density at radius 2 is 1.90 bits per heavy atom. The van der Waals surface area contributed by atoms with Crippen LogP contribution in [0.3, 0.4) is 0 Å². The van der Waals surface area contributed by atoms with E-state index in [0.29, 0.717) is 41.1 Å². The van der Waals surface area contributed by atoms with E-state index in [1.165, 1.54) is 10.7 Å². The molecule has 11 nitrogen and oxygen atoms in total. The molecule has 1 aliphatic carbocycles. The zero-order valence-electron chi connectivity index (χ0n) is 23.2. The van der Waals surface area contributed by atoms with Crippen molar-refractivity contribution in [3.63, 3.8) is 0 Å². The van der Waals surface area contributed by atoms with Crippen molar-refractivity contribution in [3.8, 4) is 22.9 Å². The number of rotatable bonds is 8. The molecule has 3 aromatic heterocycles. The minimum atomic E-state index is -0.590. The first kappa shape index (κ1) is 26.7. The molecule has 0 radical (unpaired) electrons. The number of carbonyl (C=O) groups excluding carboxylic acids is 2. The molecular formula is C31H28N8O3. The predicted molar refractivity (Wildman–Crippen MR) is 156 cm³/mol. The quantitative estimate of drug-likeness (QED) is 0.295. The monoisotopic (exact) mass is 560 g/mol. The first-order valence-electron chi connectivity index (χ1n) is 13.6. The molecular weight excluding hydrogens is 532 g/mol. The smallest absolute Gasteiger partial charge is 0.350 e. The Hall–Kier alpha value is -5.50. The molecule has 1 fully saturated rings. The van der Waals surface area contributed by atoms with E-state index in [1.54, 1.807) is 46.6 Å². The van der Waals surface area contributed by atoms with Crippen LogP contribution >= 0.6 is 0 Å². The molecule has 0 spiro atoms. The zero-order valence-corrected chi connectivity index (χ0v) is 23.2. The van der Waals surface area contributed by atoms with Gasteiger partial charge >= 0.3 is 5.69 Å². The van der Waals surface area contributed by atoms with Crippen molar-refractivity contribution >= 4 is 23.0 Å². The maximum Gasteiger partial charge on any atom is 0.350 e. The molecule has 1 aliphatic rings. The number of aromatic nitrogens is 5. The van der Waals surface area contributed by atoms with Gasteiger partial charge in [-0.05, 0) is 66.8 Å². The van der Waals surface area contributed by atoms with Crippen LogP contribution in [0.1, 0.15) is 51.9 Å². The van der Waals surface area contributed by atoms with Gasteiger partial charge in [-0.25, -0.2) is 18.6 Å². The molecule has 5 aromatic rings. The second-order valence-corrected chi connectivity index (χ2v) is 10.6. The second-order valence-electron chi connectivity index (χ2n) is 10.6. The number of nitrogens with zero attached hydrogens (tertiary/aromatic N) is 6. The van der Waals surface area contributed by atoms with Crippen molar-refractivity contribution in [2.45, 2.75) is 32.6 Å². The molecule has 0 unspecified atom stereocenters. The van der Waals surface area contributed by atoms with E-state index in [9.17, 15) is 19.6 Å².